The Morgan fingerprint density at radius 1 is 1.16 bits per heavy atom. The van der Waals surface area contributed by atoms with Gasteiger partial charge < -0.3 is 20.3 Å². The molecule has 10 heteroatoms. The van der Waals surface area contributed by atoms with Crippen LogP contribution in [0.2, 0.25) is 5.02 Å². The first kappa shape index (κ1) is 21.7. The van der Waals surface area contributed by atoms with Gasteiger partial charge in [-0.1, -0.05) is 11.6 Å². The summed E-state index contributed by atoms with van der Waals surface area (Å²) >= 11 is 7.07. The minimum atomic E-state index is -0.338. The van der Waals surface area contributed by atoms with Gasteiger partial charge in [0.15, 0.2) is 0 Å². The van der Waals surface area contributed by atoms with E-state index in [1.54, 1.807) is 23.6 Å². The van der Waals surface area contributed by atoms with Crippen LogP contribution >= 0.6 is 22.9 Å². The number of amides is 3. The van der Waals surface area contributed by atoms with Crippen molar-refractivity contribution in [1.29, 1.82) is 0 Å². The Kier molecular flexibility index (Phi) is 6.84. The fourth-order valence-electron chi connectivity index (χ4n) is 4.01. The molecular weight excluding hydrogens is 440 g/mol. The summed E-state index contributed by atoms with van der Waals surface area (Å²) in [5.74, 6) is -0.154. The molecular formula is C21H23ClN4O4S. The standard InChI is InChI=1S/C21H23ClN4O4S/c22-14-3-6-17(23-11-14)25-21(29)19-16(7-10-31-19)24-20(28)13-1-4-15(5-2-13)26-8-9-30-12-18(26)27/h3,6-7,10-11,13,15H,1-2,4-5,8-9,12H2,(H,24,28)(H,23,25,29). The van der Waals surface area contributed by atoms with Crippen LogP contribution in [0.5, 0.6) is 0 Å². The zero-order chi connectivity index (χ0) is 21.8. The van der Waals surface area contributed by atoms with Crippen LogP contribution in [0.4, 0.5) is 11.5 Å². The van der Waals surface area contributed by atoms with Crippen LogP contribution in [0.25, 0.3) is 0 Å². The molecule has 2 fully saturated rings. The largest absolute Gasteiger partial charge is 0.370 e. The first-order valence-electron chi connectivity index (χ1n) is 10.2. The number of hydrogen-bond donors (Lipinski definition) is 2. The van der Waals surface area contributed by atoms with Gasteiger partial charge in [0.2, 0.25) is 11.8 Å². The van der Waals surface area contributed by atoms with Gasteiger partial charge >= 0.3 is 0 Å². The van der Waals surface area contributed by atoms with Gasteiger partial charge in [-0.3, -0.25) is 14.4 Å². The number of thiophene rings is 1. The Hall–Kier alpha value is -2.49. The number of carbonyl (C=O) groups is 3. The Labute approximate surface area is 188 Å². The number of rotatable bonds is 5. The summed E-state index contributed by atoms with van der Waals surface area (Å²) in [6.07, 6.45) is 4.46. The highest BCUT2D eigenvalue weighted by atomic mass is 35.5. The molecule has 1 saturated carbocycles. The number of anilines is 2. The average molecular weight is 463 g/mol. The number of ether oxygens (including phenoxy) is 1. The number of hydrogen-bond acceptors (Lipinski definition) is 6. The molecule has 0 atom stereocenters. The lowest BCUT2D eigenvalue weighted by atomic mass is 9.84. The van der Waals surface area contributed by atoms with E-state index in [1.165, 1.54) is 17.5 Å². The Morgan fingerprint density at radius 3 is 2.68 bits per heavy atom. The zero-order valence-corrected chi connectivity index (χ0v) is 18.4. The predicted molar refractivity (Wildman–Crippen MR) is 118 cm³/mol. The highest BCUT2D eigenvalue weighted by Gasteiger charge is 2.33. The molecule has 3 amide bonds. The number of aromatic nitrogens is 1. The van der Waals surface area contributed by atoms with E-state index in [0.717, 1.165) is 12.8 Å². The summed E-state index contributed by atoms with van der Waals surface area (Å²) in [4.78, 5) is 43.8. The monoisotopic (exact) mass is 462 g/mol. The molecule has 0 spiro atoms. The van der Waals surface area contributed by atoms with E-state index < -0.39 is 0 Å². The average Bonchev–Trinajstić information content (AvgIpc) is 3.24. The van der Waals surface area contributed by atoms with E-state index in [2.05, 4.69) is 15.6 Å². The maximum Gasteiger partial charge on any atom is 0.269 e. The van der Waals surface area contributed by atoms with E-state index in [-0.39, 0.29) is 36.3 Å². The van der Waals surface area contributed by atoms with E-state index in [9.17, 15) is 14.4 Å². The number of morpholine rings is 1. The van der Waals surface area contributed by atoms with Crippen molar-refractivity contribution in [2.45, 2.75) is 31.7 Å². The molecule has 2 aromatic rings. The van der Waals surface area contributed by atoms with Crippen molar-refractivity contribution < 1.29 is 19.1 Å². The highest BCUT2D eigenvalue weighted by Crippen LogP contribution is 2.31. The zero-order valence-electron chi connectivity index (χ0n) is 16.8. The Balaban J connectivity index is 1.32. The fraction of sp³-hybridized carbons (Fsp3) is 0.429. The van der Waals surface area contributed by atoms with Crippen molar-refractivity contribution in [2.75, 3.05) is 30.4 Å². The minimum Gasteiger partial charge on any atom is -0.370 e. The van der Waals surface area contributed by atoms with Crippen LogP contribution in [-0.2, 0) is 14.3 Å². The van der Waals surface area contributed by atoms with Crippen molar-refractivity contribution >= 4 is 52.2 Å². The molecule has 1 aliphatic carbocycles. The smallest absolute Gasteiger partial charge is 0.269 e. The lowest BCUT2D eigenvalue weighted by molar-refractivity contribution is -0.146. The summed E-state index contributed by atoms with van der Waals surface area (Å²) in [6, 6.07) is 5.16. The first-order chi connectivity index (χ1) is 15.0. The van der Waals surface area contributed by atoms with Crippen molar-refractivity contribution in [3.8, 4) is 0 Å². The predicted octanol–water partition coefficient (Wildman–Crippen LogP) is 3.40. The van der Waals surface area contributed by atoms with Gasteiger partial charge in [0, 0.05) is 24.7 Å². The van der Waals surface area contributed by atoms with Crippen LogP contribution in [0, 0.1) is 5.92 Å². The van der Waals surface area contributed by atoms with Gasteiger partial charge in [-0.25, -0.2) is 4.98 Å². The van der Waals surface area contributed by atoms with E-state index >= 15 is 0 Å². The quantitative estimate of drug-likeness (QED) is 0.709. The minimum absolute atomic E-state index is 0.0308. The van der Waals surface area contributed by atoms with E-state index in [0.29, 0.717) is 47.4 Å². The summed E-state index contributed by atoms with van der Waals surface area (Å²) in [5.41, 5.74) is 0.493. The Bertz CT molecular complexity index is 957. The highest BCUT2D eigenvalue weighted by molar-refractivity contribution is 7.12. The summed E-state index contributed by atoms with van der Waals surface area (Å²) < 4.78 is 5.20. The van der Waals surface area contributed by atoms with Crippen LogP contribution in [0.1, 0.15) is 35.4 Å². The molecule has 3 heterocycles. The first-order valence-corrected chi connectivity index (χ1v) is 11.5. The maximum atomic E-state index is 12.8. The number of carbonyl (C=O) groups excluding carboxylic acids is 3. The SMILES string of the molecule is O=C(Nc1ccc(Cl)cn1)c1sccc1NC(=O)C1CCC(N2CCOCC2=O)CC1. The molecule has 2 aliphatic rings. The maximum absolute atomic E-state index is 12.8. The van der Waals surface area contributed by atoms with Crippen molar-refractivity contribution in [2.24, 2.45) is 5.92 Å². The molecule has 0 radical (unpaired) electrons. The molecule has 164 valence electrons. The molecule has 4 rings (SSSR count). The molecule has 8 nitrogen and oxygen atoms in total. The molecule has 1 saturated heterocycles. The third-order valence-corrected chi connectivity index (χ3v) is 6.77. The second kappa shape index (κ2) is 9.76. The summed E-state index contributed by atoms with van der Waals surface area (Å²) in [7, 11) is 0. The summed E-state index contributed by atoms with van der Waals surface area (Å²) in [5, 5.41) is 7.87. The third kappa shape index (κ3) is 5.23. The molecule has 31 heavy (non-hydrogen) atoms. The number of nitrogens with zero attached hydrogens (tertiary/aromatic N) is 2. The van der Waals surface area contributed by atoms with E-state index in [1.807, 2.05) is 4.90 Å². The van der Waals surface area contributed by atoms with Gasteiger partial charge in [0.1, 0.15) is 17.3 Å². The van der Waals surface area contributed by atoms with Crippen molar-refractivity contribution in [3.63, 3.8) is 0 Å². The van der Waals surface area contributed by atoms with Crippen LogP contribution in [0.15, 0.2) is 29.8 Å². The van der Waals surface area contributed by atoms with Gasteiger partial charge in [-0.2, -0.15) is 0 Å². The van der Waals surface area contributed by atoms with Gasteiger partial charge in [0.05, 0.1) is 17.3 Å². The molecule has 2 aromatic heterocycles. The summed E-state index contributed by atoms with van der Waals surface area (Å²) in [6.45, 7) is 1.34. The van der Waals surface area contributed by atoms with Crippen LogP contribution in [-0.4, -0.2) is 53.4 Å². The second-order valence-corrected chi connectivity index (χ2v) is 8.97. The van der Waals surface area contributed by atoms with Crippen molar-refractivity contribution in [3.05, 3.63) is 39.7 Å². The Morgan fingerprint density at radius 2 is 1.97 bits per heavy atom. The van der Waals surface area contributed by atoms with E-state index in [4.69, 9.17) is 16.3 Å². The molecule has 0 bridgehead atoms. The van der Waals surface area contributed by atoms with Crippen LogP contribution < -0.4 is 10.6 Å². The second-order valence-electron chi connectivity index (χ2n) is 7.61. The van der Waals surface area contributed by atoms with Gasteiger partial charge in [-0.15, -0.1) is 11.3 Å². The normalized spacial score (nSPS) is 21.6. The van der Waals surface area contributed by atoms with Crippen LogP contribution in [0.3, 0.4) is 0 Å². The lowest BCUT2D eigenvalue weighted by Gasteiger charge is -2.38. The van der Waals surface area contributed by atoms with Gasteiger partial charge in [-0.05, 0) is 49.3 Å². The number of halogens is 1. The fourth-order valence-corrected chi connectivity index (χ4v) is 4.86. The molecule has 1 aliphatic heterocycles. The number of pyridine rings is 1. The topological polar surface area (TPSA) is 101 Å². The van der Waals surface area contributed by atoms with Crippen molar-refractivity contribution in [1.82, 2.24) is 9.88 Å². The van der Waals surface area contributed by atoms with Gasteiger partial charge in [0.25, 0.3) is 5.91 Å². The third-order valence-electron chi connectivity index (χ3n) is 5.63. The molecule has 0 unspecified atom stereocenters. The molecule has 0 aromatic carbocycles. The number of nitrogens with one attached hydrogen (secondary N) is 2. The molecule has 2 N–H and O–H groups in total. The lowest BCUT2D eigenvalue weighted by Crippen LogP contribution is -2.49.